The van der Waals surface area contributed by atoms with Crippen LogP contribution in [0.3, 0.4) is 0 Å². The molecule has 62 valence electrons. The lowest BCUT2D eigenvalue weighted by atomic mass is 10.2. The first-order valence-corrected chi connectivity index (χ1v) is 3.15. The molecule has 1 atom stereocenters. The van der Waals surface area contributed by atoms with Crippen LogP contribution in [-0.4, -0.2) is 24.0 Å². The van der Waals surface area contributed by atoms with Crippen molar-refractivity contribution in [1.29, 1.82) is 0 Å². The van der Waals surface area contributed by atoms with Gasteiger partial charge in [0.05, 0.1) is 19.8 Å². The van der Waals surface area contributed by atoms with Crippen molar-refractivity contribution >= 4 is 0 Å². The number of aromatic nitrogens is 1. The summed E-state index contributed by atoms with van der Waals surface area (Å²) in [5.74, 6) is 0.785. The van der Waals surface area contributed by atoms with Gasteiger partial charge in [-0.2, -0.15) is 0 Å². The Morgan fingerprint density at radius 2 is 2.64 bits per heavy atom. The zero-order chi connectivity index (χ0) is 8.27. The molecular formula is C6H10N2O3. The number of nitrogens with zero attached hydrogens (tertiary/aromatic N) is 1. The Morgan fingerprint density at radius 1 is 1.91 bits per heavy atom. The average molecular weight is 158 g/mol. The van der Waals surface area contributed by atoms with Crippen molar-refractivity contribution in [2.75, 3.05) is 13.7 Å². The molecule has 0 unspecified atom stereocenters. The van der Waals surface area contributed by atoms with Gasteiger partial charge in [-0.05, 0) is 5.16 Å². The van der Waals surface area contributed by atoms with E-state index in [4.69, 9.17) is 20.1 Å². The van der Waals surface area contributed by atoms with Gasteiger partial charge in [0.2, 0.25) is 0 Å². The minimum Gasteiger partial charge on any atom is -0.479 e. The molecule has 0 bridgehead atoms. The Kier molecular flexibility index (Phi) is 2.45. The van der Waals surface area contributed by atoms with Crippen LogP contribution in [0.2, 0.25) is 0 Å². The van der Waals surface area contributed by atoms with Crippen molar-refractivity contribution in [2.24, 2.45) is 5.73 Å². The lowest BCUT2D eigenvalue weighted by Crippen LogP contribution is -2.13. The van der Waals surface area contributed by atoms with Crippen LogP contribution >= 0.6 is 0 Å². The highest BCUT2D eigenvalue weighted by Gasteiger charge is 2.10. The van der Waals surface area contributed by atoms with Crippen LogP contribution in [0, 0.1) is 0 Å². The molecule has 0 aliphatic carbocycles. The summed E-state index contributed by atoms with van der Waals surface area (Å²) in [6.07, 6.45) is 0. The smallest absolute Gasteiger partial charge is 0.254 e. The Bertz CT molecular complexity index is 223. The first-order chi connectivity index (χ1) is 5.27. The van der Waals surface area contributed by atoms with Crippen LogP contribution < -0.4 is 10.5 Å². The van der Waals surface area contributed by atoms with E-state index in [1.54, 1.807) is 6.07 Å². The van der Waals surface area contributed by atoms with Crippen molar-refractivity contribution in [3.63, 3.8) is 0 Å². The third kappa shape index (κ3) is 1.69. The van der Waals surface area contributed by atoms with Gasteiger partial charge in [-0.25, -0.2) is 0 Å². The van der Waals surface area contributed by atoms with Gasteiger partial charge in [-0.1, -0.05) is 0 Å². The number of rotatable bonds is 3. The van der Waals surface area contributed by atoms with Gasteiger partial charge in [0, 0.05) is 6.07 Å². The van der Waals surface area contributed by atoms with E-state index in [1.165, 1.54) is 7.11 Å². The zero-order valence-electron chi connectivity index (χ0n) is 6.15. The molecule has 1 aromatic heterocycles. The van der Waals surface area contributed by atoms with Crippen LogP contribution in [-0.2, 0) is 0 Å². The number of ether oxygens (including phenoxy) is 1. The summed E-state index contributed by atoms with van der Waals surface area (Å²) in [6, 6.07) is 1.02. The van der Waals surface area contributed by atoms with Crippen LogP contribution in [0.1, 0.15) is 11.8 Å². The number of hydrogen-bond acceptors (Lipinski definition) is 5. The molecule has 0 radical (unpaired) electrons. The Hall–Kier alpha value is -1.07. The molecule has 5 nitrogen and oxygen atoms in total. The molecule has 0 amide bonds. The molecule has 11 heavy (non-hydrogen) atoms. The Balaban J connectivity index is 2.71. The fourth-order valence-corrected chi connectivity index (χ4v) is 0.633. The number of aliphatic hydroxyl groups is 1. The van der Waals surface area contributed by atoms with E-state index in [0.29, 0.717) is 11.6 Å². The van der Waals surface area contributed by atoms with Gasteiger partial charge in [0.15, 0.2) is 5.76 Å². The molecule has 3 N–H and O–H groups in total. The largest absolute Gasteiger partial charge is 0.479 e. The molecular weight excluding hydrogens is 148 g/mol. The monoisotopic (exact) mass is 158 g/mol. The summed E-state index contributed by atoms with van der Waals surface area (Å²) < 4.78 is 9.50. The highest BCUT2D eigenvalue weighted by atomic mass is 16.5. The second-order valence-corrected chi connectivity index (χ2v) is 2.06. The molecule has 1 heterocycles. The van der Waals surface area contributed by atoms with Crippen LogP contribution in [0.5, 0.6) is 5.88 Å². The molecule has 0 saturated carbocycles. The third-order valence-electron chi connectivity index (χ3n) is 1.28. The first-order valence-electron chi connectivity index (χ1n) is 3.15. The van der Waals surface area contributed by atoms with Crippen molar-refractivity contribution in [3.8, 4) is 5.88 Å². The third-order valence-corrected chi connectivity index (χ3v) is 1.28. The fraction of sp³-hybridized carbons (Fsp3) is 0.500. The van der Waals surface area contributed by atoms with E-state index in [1.807, 2.05) is 0 Å². The fourth-order valence-electron chi connectivity index (χ4n) is 0.633. The number of aliphatic hydroxyl groups excluding tert-OH is 1. The quantitative estimate of drug-likeness (QED) is 0.629. The highest BCUT2D eigenvalue weighted by Crippen LogP contribution is 2.15. The minimum atomic E-state index is -0.522. The van der Waals surface area contributed by atoms with E-state index >= 15 is 0 Å². The van der Waals surface area contributed by atoms with Crippen molar-refractivity contribution in [1.82, 2.24) is 5.16 Å². The van der Waals surface area contributed by atoms with Gasteiger partial charge in [-0.3, -0.25) is 0 Å². The van der Waals surface area contributed by atoms with E-state index in [-0.39, 0.29) is 6.61 Å². The summed E-state index contributed by atoms with van der Waals surface area (Å²) in [7, 11) is 1.48. The van der Waals surface area contributed by atoms with Gasteiger partial charge in [0.1, 0.15) is 0 Å². The van der Waals surface area contributed by atoms with Gasteiger partial charge >= 0.3 is 0 Å². The minimum absolute atomic E-state index is 0.168. The van der Waals surface area contributed by atoms with Gasteiger partial charge < -0.3 is 20.1 Å². The van der Waals surface area contributed by atoms with E-state index in [9.17, 15) is 0 Å². The molecule has 0 aromatic carbocycles. The maximum atomic E-state index is 8.62. The predicted octanol–water partition coefficient (Wildman–Crippen LogP) is -0.325. The average Bonchev–Trinajstić information content (AvgIpc) is 2.50. The predicted molar refractivity (Wildman–Crippen MR) is 37.1 cm³/mol. The Morgan fingerprint density at radius 3 is 3.09 bits per heavy atom. The lowest BCUT2D eigenvalue weighted by molar-refractivity contribution is 0.238. The van der Waals surface area contributed by atoms with E-state index in [0.717, 1.165) is 0 Å². The highest BCUT2D eigenvalue weighted by molar-refractivity contribution is 5.13. The summed E-state index contributed by atoms with van der Waals surface area (Å²) in [4.78, 5) is 0. The molecule has 0 aliphatic rings. The number of hydrogen-bond donors (Lipinski definition) is 2. The molecule has 5 heteroatoms. The first kappa shape index (κ1) is 8.03. The number of nitrogens with two attached hydrogens (primary N) is 1. The Labute approximate surface area is 63.7 Å². The van der Waals surface area contributed by atoms with Crippen molar-refractivity contribution in [2.45, 2.75) is 6.04 Å². The molecule has 1 aromatic rings. The van der Waals surface area contributed by atoms with E-state index < -0.39 is 6.04 Å². The molecule has 0 fully saturated rings. The van der Waals surface area contributed by atoms with Crippen LogP contribution in [0.4, 0.5) is 0 Å². The maximum absolute atomic E-state index is 8.62. The van der Waals surface area contributed by atoms with Crippen molar-refractivity contribution in [3.05, 3.63) is 11.8 Å². The lowest BCUT2D eigenvalue weighted by Gasteiger charge is -1.99. The SMILES string of the molecule is COc1cc([C@@H](N)CO)on1. The van der Waals surface area contributed by atoms with E-state index in [2.05, 4.69) is 5.16 Å². The van der Waals surface area contributed by atoms with Gasteiger partial charge in [-0.15, -0.1) is 0 Å². The summed E-state index contributed by atoms with van der Waals surface area (Å²) in [6.45, 7) is -0.168. The molecule has 0 saturated heterocycles. The summed E-state index contributed by atoms with van der Waals surface area (Å²) in [5.41, 5.74) is 5.42. The molecule has 0 spiro atoms. The van der Waals surface area contributed by atoms with Crippen LogP contribution in [0.15, 0.2) is 10.6 Å². The second kappa shape index (κ2) is 3.36. The maximum Gasteiger partial charge on any atom is 0.254 e. The summed E-state index contributed by atoms with van der Waals surface area (Å²) >= 11 is 0. The topological polar surface area (TPSA) is 81.5 Å². The van der Waals surface area contributed by atoms with Crippen molar-refractivity contribution < 1.29 is 14.4 Å². The number of methoxy groups -OCH3 is 1. The summed E-state index contributed by atoms with van der Waals surface area (Å²) in [5, 5.41) is 12.1. The standard InChI is InChI=1S/C6H10N2O3/c1-10-6-2-5(11-8-6)4(7)3-9/h2,4,9H,3,7H2,1H3/t4-/m0/s1. The van der Waals surface area contributed by atoms with Gasteiger partial charge in [0.25, 0.3) is 5.88 Å². The molecule has 1 rings (SSSR count). The normalized spacial score (nSPS) is 13.0. The zero-order valence-corrected chi connectivity index (χ0v) is 6.15. The second-order valence-electron chi connectivity index (χ2n) is 2.06. The van der Waals surface area contributed by atoms with Crippen LogP contribution in [0.25, 0.3) is 0 Å². The molecule has 0 aliphatic heterocycles.